The Bertz CT molecular complexity index is 924. The molecule has 0 aliphatic heterocycles. The maximum Gasteiger partial charge on any atom is 0.435 e. The maximum atomic E-state index is 13.0. The lowest BCUT2D eigenvalue weighted by atomic mass is 10.2. The lowest BCUT2D eigenvalue weighted by Crippen LogP contribution is -2.38. The summed E-state index contributed by atoms with van der Waals surface area (Å²) in [5, 5.41) is 10.5. The number of nitrogens with zero attached hydrogens (tertiary/aromatic N) is 3. The van der Waals surface area contributed by atoms with Crippen LogP contribution >= 0.6 is 0 Å². The Kier molecular flexibility index (Phi) is 5.11. The minimum atomic E-state index is -4.50. The average molecular weight is 379 g/mol. The fraction of sp³-hybridized carbons (Fsp3) is 0.333. The maximum absolute atomic E-state index is 13.0. The average Bonchev–Trinajstić information content (AvgIpc) is 3.21. The van der Waals surface area contributed by atoms with Gasteiger partial charge in [-0.2, -0.15) is 18.3 Å². The van der Waals surface area contributed by atoms with Crippen LogP contribution in [0.2, 0.25) is 0 Å². The summed E-state index contributed by atoms with van der Waals surface area (Å²) >= 11 is 0. The van der Waals surface area contributed by atoms with Crippen LogP contribution in [0.1, 0.15) is 30.0 Å². The number of nitrogens with one attached hydrogen (secondary N) is 2. The van der Waals surface area contributed by atoms with E-state index in [0.717, 1.165) is 15.7 Å². The summed E-state index contributed by atoms with van der Waals surface area (Å²) in [5.41, 5.74) is -0.0862. The van der Waals surface area contributed by atoms with Crippen molar-refractivity contribution in [3.05, 3.63) is 53.5 Å². The molecule has 27 heavy (non-hydrogen) atoms. The van der Waals surface area contributed by atoms with Crippen molar-refractivity contribution in [1.29, 1.82) is 0 Å². The number of hydrogen-bond donors (Lipinski definition) is 2. The van der Waals surface area contributed by atoms with Crippen LogP contribution in [0.15, 0.2) is 45.9 Å². The van der Waals surface area contributed by atoms with Crippen molar-refractivity contribution in [2.45, 2.75) is 25.7 Å². The highest BCUT2D eigenvalue weighted by Gasteiger charge is 2.36. The molecule has 0 amide bonds. The molecule has 144 valence electrons. The Balaban J connectivity index is 1.68. The van der Waals surface area contributed by atoms with Gasteiger partial charge >= 0.3 is 6.18 Å². The van der Waals surface area contributed by atoms with Gasteiger partial charge < -0.3 is 15.1 Å². The minimum Gasteiger partial charge on any atom is -0.459 e. The van der Waals surface area contributed by atoms with Crippen molar-refractivity contribution in [1.82, 2.24) is 20.4 Å². The predicted octanol–water partition coefficient (Wildman–Crippen LogP) is 3.61. The van der Waals surface area contributed by atoms with Crippen LogP contribution in [-0.4, -0.2) is 22.8 Å². The second-order valence-electron chi connectivity index (χ2n) is 6.15. The molecule has 1 aromatic carbocycles. The predicted molar refractivity (Wildman–Crippen MR) is 96.2 cm³/mol. The molecule has 0 saturated heterocycles. The van der Waals surface area contributed by atoms with Gasteiger partial charge in [0.2, 0.25) is 0 Å². The molecule has 2 N–H and O–H groups in total. The standard InChI is InChI=1S/C18H20F3N5O/c1-11(15-8-12-6-4-5-7-14(12)27-15)24-17(22-2)23-9-13-10-26(3)25-16(13)18(19,20)21/h4-8,10-11H,9H2,1-3H3,(H2,22,23,24). The molecular weight excluding hydrogens is 359 g/mol. The van der Waals surface area contributed by atoms with Crippen molar-refractivity contribution in [2.75, 3.05) is 7.05 Å². The largest absolute Gasteiger partial charge is 0.459 e. The Labute approximate surface area is 154 Å². The fourth-order valence-electron chi connectivity index (χ4n) is 2.77. The topological polar surface area (TPSA) is 67.4 Å². The van der Waals surface area contributed by atoms with E-state index in [-0.39, 0.29) is 18.2 Å². The molecule has 9 heteroatoms. The molecule has 0 aliphatic carbocycles. The molecule has 2 heterocycles. The van der Waals surface area contributed by atoms with Crippen LogP contribution in [-0.2, 0) is 19.8 Å². The van der Waals surface area contributed by atoms with E-state index in [2.05, 4.69) is 20.7 Å². The zero-order valence-corrected chi connectivity index (χ0v) is 15.1. The molecule has 1 unspecified atom stereocenters. The van der Waals surface area contributed by atoms with Crippen molar-refractivity contribution < 1.29 is 17.6 Å². The quantitative estimate of drug-likeness (QED) is 0.537. The lowest BCUT2D eigenvalue weighted by Gasteiger charge is -2.16. The first kappa shape index (κ1) is 18.8. The first-order valence-electron chi connectivity index (χ1n) is 8.33. The van der Waals surface area contributed by atoms with Gasteiger partial charge in [-0.3, -0.25) is 9.67 Å². The van der Waals surface area contributed by atoms with E-state index in [1.54, 1.807) is 7.05 Å². The minimum absolute atomic E-state index is 0.0457. The molecule has 2 aromatic heterocycles. The van der Waals surface area contributed by atoms with Gasteiger partial charge in [0.05, 0.1) is 6.04 Å². The highest BCUT2D eigenvalue weighted by Crippen LogP contribution is 2.30. The Morgan fingerprint density at radius 2 is 2.07 bits per heavy atom. The fourth-order valence-corrected chi connectivity index (χ4v) is 2.77. The van der Waals surface area contributed by atoms with E-state index in [4.69, 9.17) is 4.42 Å². The number of rotatable bonds is 4. The van der Waals surface area contributed by atoms with Crippen LogP contribution in [0.3, 0.4) is 0 Å². The van der Waals surface area contributed by atoms with Gasteiger partial charge in [-0.15, -0.1) is 0 Å². The van der Waals surface area contributed by atoms with E-state index in [0.29, 0.717) is 11.7 Å². The third-order valence-electron chi connectivity index (χ3n) is 4.07. The molecule has 0 fully saturated rings. The molecule has 6 nitrogen and oxygen atoms in total. The normalized spacial score (nSPS) is 13.8. The van der Waals surface area contributed by atoms with Crippen LogP contribution in [0.25, 0.3) is 11.0 Å². The monoisotopic (exact) mass is 379 g/mol. The first-order chi connectivity index (χ1) is 12.8. The number of halogens is 3. The third kappa shape index (κ3) is 4.24. The van der Waals surface area contributed by atoms with Crippen molar-refractivity contribution in [3.8, 4) is 0 Å². The summed E-state index contributed by atoms with van der Waals surface area (Å²) in [4.78, 5) is 4.07. The number of hydrogen-bond acceptors (Lipinski definition) is 3. The SMILES string of the molecule is CN=C(NCc1cn(C)nc1C(F)(F)F)NC(C)c1cc2ccccc2o1. The number of guanidine groups is 1. The molecule has 1 atom stereocenters. The zero-order valence-electron chi connectivity index (χ0n) is 15.1. The summed E-state index contributed by atoms with van der Waals surface area (Å²) in [6.07, 6.45) is -3.16. The van der Waals surface area contributed by atoms with Crippen LogP contribution in [0, 0.1) is 0 Å². The summed E-state index contributed by atoms with van der Waals surface area (Å²) < 4.78 is 46.1. The Morgan fingerprint density at radius 1 is 1.33 bits per heavy atom. The van der Waals surface area contributed by atoms with Crippen molar-refractivity contribution in [3.63, 3.8) is 0 Å². The van der Waals surface area contributed by atoms with E-state index in [9.17, 15) is 13.2 Å². The molecule has 0 bridgehead atoms. The third-order valence-corrected chi connectivity index (χ3v) is 4.07. The summed E-state index contributed by atoms with van der Waals surface area (Å²) in [5.74, 6) is 1.07. The number of para-hydroxylation sites is 1. The highest BCUT2D eigenvalue weighted by molar-refractivity contribution is 5.81. The molecular formula is C18H20F3N5O. The van der Waals surface area contributed by atoms with Crippen molar-refractivity contribution in [2.24, 2.45) is 12.0 Å². The second-order valence-corrected chi connectivity index (χ2v) is 6.15. The number of benzene rings is 1. The Morgan fingerprint density at radius 3 is 2.74 bits per heavy atom. The van der Waals surface area contributed by atoms with Crippen LogP contribution in [0.4, 0.5) is 13.2 Å². The summed E-state index contributed by atoms with van der Waals surface area (Å²) in [6, 6.07) is 9.33. The number of aliphatic imine (C=N–C) groups is 1. The van der Waals surface area contributed by atoms with Gasteiger partial charge in [0, 0.05) is 37.8 Å². The smallest absolute Gasteiger partial charge is 0.435 e. The summed E-state index contributed by atoms with van der Waals surface area (Å²) in [6.45, 7) is 1.82. The lowest BCUT2D eigenvalue weighted by molar-refractivity contribution is -0.142. The van der Waals surface area contributed by atoms with Crippen LogP contribution < -0.4 is 10.6 Å². The number of alkyl halides is 3. The van der Waals surface area contributed by atoms with E-state index in [1.807, 2.05) is 37.3 Å². The van der Waals surface area contributed by atoms with Gasteiger partial charge in [-0.25, -0.2) is 0 Å². The van der Waals surface area contributed by atoms with E-state index >= 15 is 0 Å². The molecule has 3 aromatic rings. The van der Waals surface area contributed by atoms with Gasteiger partial charge in [0.15, 0.2) is 11.7 Å². The number of aryl methyl sites for hydroxylation is 1. The molecule has 3 rings (SSSR count). The van der Waals surface area contributed by atoms with Crippen molar-refractivity contribution >= 4 is 16.9 Å². The van der Waals surface area contributed by atoms with Gasteiger partial charge in [0.1, 0.15) is 11.3 Å². The van der Waals surface area contributed by atoms with Gasteiger partial charge in [-0.1, -0.05) is 18.2 Å². The second kappa shape index (κ2) is 7.34. The van der Waals surface area contributed by atoms with E-state index in [1.165, 1.54) is 13.2 Å². The van der Waals surface area contributed by atoms with Crippen LogP contribution in [0.5, 0.6) is 0 Å². The number of aromatic nitrogens is 2. The molecule has 0 aliphatic rings. The summed E-state index contributed by atoms with van der Waals surface area (Å²) in [7, 11) is 3.00. The zero-order chi connectivity index (χ0) is 19.6. The van der Waals surface area contributed by atoms with Gasteiger partial charge in [0.25, 0.3) is 0 Å². The first-order valence-corrected chi connectivity index (χ1v) is 8.33. The van der Waals surface area contributed by atoms with Gasteiger partial charge in [-0.05, 0) is 19.1 Å². The highest BCUT2D eigenvalue weighted by atomic mass is 19.4. The van der Waals surface area contributed by atoms with E-state index < -0.39 is 11.9 Å². The molecule has 0 saturated carbocycles. The molecule has 0 radical (unpaired) electrons. The molecule has 0 spiro atoms. The Hall–Kier alpha value is -2.97. The number of fused-ring (bicyclic) bond motifs is 1. The number of furan rings is 1.